The van der Waals surface area contributed by atoms with E-state index in [1.165, 1.54) is 6.07 Å². The summed E-state index contributed by atoms with van der Waals surface area (Å²) in [5.41, 5.74) is 1.79. The minimum atomic E-state index is -0.996. The molecule has 1 unspecified atom stereocenters. The summed E-state index contributed by atoms with van der Waals surface area (Å²) in [5.74, 6) is -1.45. The summed E-state index contributed by atoms with van der Waals surface area (Å²) in [7, 11) is 0. The van der Waals surface area contributed by atoms with Crippen molar-refractivity contribution < 1.29 is 9.90 Å². The molecule has 1 atom stereocenters. The van der Waals surface area contributed by atoms with Crippen molar-refractivity contribution in [2.24, 2.45) is 0 Å². The fraction of sp³-hybridized carbons (Fsp3) is 0.125. The molecule has 2 aromatic rings. The average Bonchev–Trinajstić information content (AvgIpc) is 2.46. The normalized spacial score (nSPS) is 11.5. The van der Waals surface area contributed by atoms with Crippen molar-refractivity contribution >= 4 is 5.97 Å². The number of nitriles is 1. The Bertz CT molecular complexity index is 614. The quantitative estimate of drug-likeness (QED) is 0.907. The van der Waals surface area contributed by atoms with Gasteiger partial charge in [-0.3, -0.25) is 0 Å². The molecule has 0 amide bonds. The maximum Gasteiger partial charge on any atom is 0.336 e. The highest BCUT2D eigenvalue weighted by atomic mass is 16.4. The van der Waals surface area contributed by atoms with Gasteiger partial charge in [-0.05, 0) is 23.6 Å². The Morgan fingerprint density at radius 2 is 1.74 bits per heavy atom. The Hall–Kier alpha value is -2.60. The third-order valence-electron chi connectivity index (χ3n) is 3.01. The summed E-state index contributed by atoms with van der Waals surface area (Å²) >= 11 is 0. The molecule has 2 rings (SSSR count). The molecule has 0 saturated heterocycles. The zero-order valence-electron chi connectivity index (χ0n) is 10.3. The predicted molar refractivity (Wildman–Crippen MR) is 71.9 cm³/mol. The van der Waals surface area contributed by atoms with Crippen LogP contribution in [-0.4, -0.2) is 11.1 Å². The van der Waals surface area contributed by atoms with E-state index in [9.17, 15) is 10.1 Å². The van der Waals surface area contributed by atoms with Gasteiger partial charge in [-0.15, -0.1) is 0 Å². The van der Waals surface area contributed by atoms with Crippen molar-refractivity contribution in [2.45, 2.75) is 12.3 Å². The maximum atomic E-state index is 11.2. The molecule has 0 heterocycles. The van der Waals surface area contributed by atoms with Crippen LogP contribution in [0.1, 0.15) is 27.4 Å². The summed E-state index contributed by atoms with van der Waals surface area (Å²) < 4.78 is 0. The largest absolute Gasteiger partial charge is 0.478 e. The topological polar surface area (TPSA) is 61.1 Å². The van der Waals surface area contributed by atoms with Crippen LogP contribution in [0.15, 0.2) is 54.6 Å². The Balaban J connectivity index is 2.33. The van der Waals surface area contributed by atoms with Gasteiger partial charge in [0.05, 0.1) is 17.6 Å². The van der Waals surface area contributed by atoms with Crippen LogP contribution in [0, 0.1) is 11.3 Å². The molecule has 1 N–H and O–H groups in total. The molecule has 3 nitrogen and oxygen atoms in total. The smallest absolute Gasteiger partial charge is 0.336 e. The standard InChI is InChI=1S/C16H13NO2/c17-11-13(10-12-6-2-1-3-7-12)14-8-4-5-9-15(14)16(18)19/h1-9,13H,10H2,(H,18,19). The van der Waals surface area contributed by atoms with Gasteiger partial charge in [0.25, 0.3) is 0 Å². The van der Waals surface area contributed by atoms with Gasteiger partial charge in [0.15, 0.2) is 0 Å². The van der Waals surface area contributed by atoms with Crippen molar-refractivity contribution in [1.82, 2.24) is 0 Å². The molecule has 0 saturated carbocycles. The van der Waals surface area contributed by atoms with Gasteiger partial charge in [-0.1, -0.05) is 48.5 Å². The van der Waals surface area contributed by atoms with Crippen LogP contribution in [-0.2, 0) is 6.42 Å². The second-order valence-corrected chi connectivity index (χ2v) is 4.26. The molecule has 0 fully saturated rings. The van der Waals surface area contributed by atoms with Gasteiger partial charge < -0.3 is 5.11 Å². The van der Waals surface area contributed by atoms with Crippen LogP contribution in [0.25, 0.3) is 0 Å². The highest BCUT2D eigenvalue weighted by Crippen LogP contribution is 2.23. The van der Waals surface area contributed by atoms with Crippen molar-refractivity contribution in [3.63, 3.8) is 0 Å². The second kappa shape index (κ2) is 5.83. The van der Waals surface area contributed by atoms with E-state index < -0.39 is 11.9 Å². The van der Waals surface area contributed by atoms with Gasteiger partial charge in [0, 0.05) is 0 Å². The first-order chi connectivity index (χ1) is 9.22. The van der Waals surface area contributed by atoms with E-state index in [1.54, 1.807) is 18.2 Å². The SMILES string of the molecule is N#CC(Cc1ccccc1)c1ccccc1C(=O)O. The number of aromatic carboxylic acids is 1. The van der Waals surface area contributed by atoms with Crippen LogP contribution in [0.2, 0.25) is 0 Å². The van der Waals surface area contributed by atoms with E-state index in [0.717, 1.165) is 5.56 Å². The van der Waals surface area contributed by atoms with E-state index in [-0.39, 0.29) is 5.56 Å². The lowest BCUT2D eigenvalue weighted by atomic mass is 9.90. The Morgan fingerprint density at radius 3 is 2.37 bits per heavy atom. The highest BCUT2D eigenvalue weighted by molar-refractivity contribution is 5.89. The van der Waals surface area contributed by atoms with Gasteiger partial charge in [-0.25, -0.2) is 4.79 Å². The van der Waals surface area contributed by atoms with Gasteiger partial charge >= 0.3 is 5.97 Å². The number of carboxylic acid groups (broad SMARTS) is 1. The van der Waals surface area contributed by atoms with E-state index in [4.69, 9.17) is 5.11 Å². The van der Waals surface area contributed by atoms with E-state index in [1.807, 2.05) is 30.3 Å². The molecular weight excluding hydrogens is 238 g/mol. The third kappa shape index (κ3) is 2.99. The summed E-state index contributed by atoms with van der Waals surface area (Å²) in [4.78, 5) is 11.2. The molecule has 0 aliphatic heterocycles. The van der Waals surface area contributed by atoms with Crippen LogP contribution in [0.5, 0.6) is 0 Å². The molecule has 94 valence electrons. The molecule has 0 bridgehead atoms. The average molecular weight is 251 g/mol. The van der Waals surface area contributed by atoms with Crippen LogP contribution >= 0.6 is 0 Å². The number of hydrogen-bond acceptors (Lipinski definition) is 2. The number of carboxylic acids is 1. The lowest BCUT2D eigenvalue weighted by molar-refractivity contribution is 0.0695. The van der Waals surface area contributed by atoms with Crippen molar-refractivity contribution in [3.05, 3.63) is 71.3 Å². The Labute approximate surface area is 111 Å². The highest BCUT2D eigenvalue weighted by Gasteiger charge is 2.18. The van der Waals surface area contributed by atoms with Crippen LogP contribution < -0.4 is 0 Å². The zero-order valence-corrected chi connectivity index (χ0v) is 10.3. The fourth-order valence-electron chi connectivity index (χ4n) is 2.07. The third-order valence-corrected chi connectivity index (χ3v) is 3.01. The minimum Gasteiger partial charge on any atom is -0.478 e. The van der Waals surface area contributed by atoms with E-state index >= 15 is 0 Å². The summed E-state index contributed by atoms with van der Waals surface area (Å²) in [6.07, 6.45) is 0.516. The molecule has 2 aromatic carbocycles. The molecule has 0 spiro atoms. The molecule has 0 aromatic heterocycles. The first kappa shape index (κ1) is 12.8. The molecule has 3 heteroatoms. The fourth-order valence-corrected chi connectivity index (χ4v) is 2.07. The Kier molecular flexibility index (Phi) is 3.94. The summed E-state index contributed by atoms with van der Waals surface area (Å²) in [6.45, 7) is 0. The number of benzene rings is 2. The van der Waals surface area contributed by atoms with Crippen molar-refractivity contribution in [3.8, 4) is 6.07 Å². The Morgan fingerprint density at radius 1 is 1.11 bits per heavy atom. The van der Waals surface area contributed by atoms with Gasteiger partial charge in [0.1, 0.15) is 0 Å². The number of nitrogens with zero attached hydrogens (tertiary/aromatic N) is 1. The molecular formula is C16H13NO2. The van der Waals surface area contributed by atoms with E-state index in [2.05, 4.69) is 6.07 Å². The first-order valence-corrected chi connectivity index (χ1v) is 5.98. The van der Waals surface area contributed by atoms with Crippen molar-refractivity contribution in [1.29, 1.82) is 5.26 Å². The lowest BCUT2D eigenvalue weighted by Crippen LogP contribution is -2.08. The summed E-state index contributed by atoms with van der Waals surface area (Å²) in [6, 6.07) is 18.5. The lowest BCUT2D eigenvalue weighted by Gasteiger charge is -2.12. The minimum absolute atomic E-state index is 0.199. The van der Waals surface area contributed by atoms with E-state index in [0.29, 0.717) is 12.0 Å². The molecule has 0 aliphatic carbocycles. The van der Waals surface area contributed by atoms with Crippen LogP contribution in [0.4, 0.5) is 0 Å². The summed E-state index contributed by atoms with van der Waals surface area (Å²) in [5, 5.41) is 18.5. The van der Waals surface area contributed by atoms with Gasteiger partial charge in [-0.2, -0.15) is 5.26 Å². The molecule has 0 aliphatic rings. The number of hydrogen-bond donors (Lipinski definition) is 1. The molecule has 0 radical (unpaired) electrons. The number of rotatable bonds is 4. The monoisotopic (exact) mass is 251 g/mol. The van der Waals surface area contributed by atoms with Gasteiger partial charge in [0.2, 0.25) is 0 Å². The first-order valence-electron chi connectivity index (χ1n) is 5.98. The van der Waals surface area contributed by atoms with Crippen LogP contribution in [0.3, 0.4) is 0 Å². The van der Waals surface area contributed by atoms with Crippen molar-refractivity contribution in [2.75, 3.05) is 0 Å². The number of carbonyl (C=O) groups is 1. The maximum absolute atomic E-state index is 11.2. The predicted octanol–water partition coefficient (Wildman–Crippen LogP) is 3.23. The zero-order chi connectivity index (χ0) is 13.7. The second-order valence-electron chi connectivity index (χ2n) is 4.26. The molecule has 19 heavy (non-hydrogen) atoms.